The van der Waals surface area contributed by atoms with E-state index in [4.69, 9.17) is 4.52 Å². The molecule has 1 heterocycles. The number of anilines is 1. The second kappa shape index (κ2) is 7.88. The average Bonchev–Trinajstić information content (AvgIpc) is 3.09. The minimum atomic E-state index is -1.05. The van der Waals surface area contributed by atoms with Crippen molar-refractivity contribution in [2.75, 3.05) is 5.32 Å². The molecular weight excluding hydrogens is 322 g/mol. The van der Waals surface area contributed by atoms with Gasteiger partial charge in [0.05, 0.1) is 23.1 Å². The summed E-state index contributed by atoms with van der Waals surface area (Å²) >= 11 is 0. The van der Waals surface area contributed by atoms with E-state index < -0.39 is 10.8 Å². The lowest BCUT2D eigenvalue weighted by Gasteiger charge is -2.07. The zero-order valence-electron chi connectivity index (χ0n) is 13.4. The van der Waals surface area contributed by atoms with E-state index >= 15 is 0 Å². The molecule has 0 spiro atoms. The van der Waals surface area contributed by atoms with Crippen molar-refractivity contribution in [3.05, 3.63) is 71.9 Å². The minimum Gasteiger partial charge on any atom is -0.378 e. The molecule has 0 aliphatic rings. The highest BCUT2D eigenvalue weighted by Crippen LogP contribution is 2.16. The van der Waals surface area contributed by atoms with Crippen LogP contribution in [-0.4, -0.2) is 14.3 Å². The third-order valence-corrected chi connectivity index (χ3v) is 4.89. The number of nitrogens with zero attached hydrogens (tertiary/aromatic N) is 2. The molecule has 0 fully saturated rings. The Morgan fingerprint density at radius 2 is 1.96 bits per heavy atom. The monoisotopic (exact) mass is 341 g/mol. The molecule has 1 aromatic heterocycles. The van der Waals surface area contributed by atoms with Crippen molar-refractivity contribution in [3.8, 4) is 0 Å². The Hall–Kier alpha value is -2.47. The molecule has 0 aliphatic heterocycles. The average molecular weight is 341 g/mol. The minimum absolute atomic E-state index is 0.488. The molecule has 5 nitrogen and oxygen atoms in total. The first-order valence-electron chi connectivity index (χ1n) is 7.82. The maximum absolute atomic E-state index is 12.4. The van der Waals surface area contributed by atoms with E-state index in [9.17, 15) is 4.21 Å². The fraction of sp³-hybridized carbons (Fsp3) is 0.222. The summed E-state index contributed by atoms with van der Waals surface area (Å²) in [6.07, 6.45) is 0.730. The highest BCUT2D eigenvalue weighted by molar-refractivity contribution is 7.84. The first-order chi connectivity index (χ1) is 11.7. The van der Waals surface area contributed by atoms with Gasteiger partial charge in [0.1, 0.15) is 0 Å². The fourth-order valence-electron chi connectivity index (χ4n) is 2.26. The maximum Gasteiger partial charge on any atom is 0.226 e. The predicted octanol–water partition coefficient (Wildman–Crippen LogP) is 3.55. The topological polar surface area (TPSA) is 68.0 Å². The van der Waals surface area contributed by atoms with Crippen LogP contribution in [0, 0.1) is 0 Å². The number of hydrogen-bond donors (Lipinski definition) is 1. The van der Waals surface area contributed by atoms with Crippen LogP contribution >= 0.6 is 0 Å². The number of hydrogen-bond acceptors (Lipinski definition) is 5. The van der Waals surface area contributed by atoms with Crippen molar-refractivity contribution >= 4 is 16.5 Å². The Kier molecular flexibility index (Phi) is 5.38. The summed E-state index contributed by atoms with van der Waals surface area (Å²) < 4.78 is 17.5. The molecule has 24 heavy (non-hydrogen) atoms. The quantitative estimate of drug-likeness (QED) is 0.712. The summed E-state index contributed by atoms with van der Waals surface area (Å²) in [5, 5.41) is 7.18. The third kappa shape index (κ3) is 4.29. The van der Waals surface area contributed by atoms with Gasteiger partial charge in [-0.1, -0.05) is 42.4 Å². The zero-order chi connectivity index (χ0) is 16.8. The Balaban J connectivity index is 1.62. The lowest BCUT2D eigenvalue weighted by Crippen LogP contribution is -2.02. The second-order valence-electron chi connectivity index (χ2n) is 5.31. The third-order valence-electron chi connectivity index (χ3n) is 3.49. The van der Waals surface area contributed by atoms with Gasteiger partial charge in [-0.25, -0.2) is 0 Å². The highest BCUT2D eigenvalue weighted by atomic mass is 32.2. The molecule has 3 aromatic rings. The van der Waals surface area contributed by atoms with Crippen LogP contribution in [-0.2, 0) is 29.5 Å². The van der Waals surface area contributed by atoms with Crippen LogP contribution in [0.5, 0.6) is 0 Å². The Labute approximate surface area is 143 Å². The maximum atomic E-state index is 12.4. The van der Waals surface area contributed by atoms with Gasteiger partial charge in [0, 0.05) is 17.0 Å². The Bertz CT molecular complexity index is 818. The summed E-state index contributed by atoms with van der Waals surface area (Å²) in [5.74, 6) is 1.76. The van der Waals surface area contributed by atoms with Crippen LogP contribution in [0.15, 0.2) is 64.0 Å². The Morgan fingerprint density at radius 3 is 2.71 bits per heavy atom. The van der Waals surface area contributed by atoms with E-state index in [1.165, 1.54) is 0 Å². The largest absolute Gasteiger partial charge is 0.378 e. The molecule has 0 bridgehead atoms. The number of rotatable bonds is 7. The van der Waals surface area contributed by atoms with Crippen LogP contribution in [0.4, 0.5) is 5.69 Å². The highest BCUT2D eigenvalue weighted by Gasteiger charge is 2.07. The van der Waals surface area contributed by atoms with Gasteiger partial charge in [0.2, 0.25) is 5.89 Å². The summed E-state index contributed by atoms with van der Waals surface area (Å²) in [6.45, 7) is 2.47. The molecule has 0 radical (unpaired) electrons. The van der Waals surface area contributed by atoms with Crippen molar-refractivity contribution in [1.29, 1.82) is 0 Å². The van der Waals surface area contributed by atoms with Crippen LogP contribution in [0.3, 0.4) is 0 Å². The van der Waals surface area contributed by atoms with Gasteiger partial charge in [-0.15, -0.1) is 0 Å². The van der Waals surface area contributed by atoms with Crippen molar-refractivity contribution in [1.82, 2.24) is 10.1 Å². The fourth-order valence-corrected chi connectivity index (χ4v) is 3.37. The summed E-state index contributed by atoms with van der Waals surface area (Å²) in [4.78, 5) is 5.11. The van der Waals surface area contributed by atoms with Gasteiger partial charge in [-0.3, -0.25) is 4.21 Å². The molecule has 3 rings (SSSR count). The van der Waals surface area contributed by atoms with Crippen molar-refractivity contribution < 1.29 is 8.73 Å². The molecule has 0 saturated heterocycles. The van der Waals surface area contributed by atoms with Gasteiger partial charge < -0.3 is 9.84 Å². The molecule has 1 N–H and O–H groups in total. The Morgan fingerprint density at radius 1 is 1.12 bits per heavy atom. The molecule has 2 aromatic carbocycles. The number of aryl methyl sites for hydroxylation is 1. The van der Waals surface area contributed by atoms with Crippen LogP contribution in [0.25, 0.3) is 0 Å². The van der Waals surface area contributed by atoms with Crippen LogP contribution < -0.4 is 5.32 Å². The van der Waals surface area contributed by atoms with Crippen LogP contribution in [0.1, 0.15) is 24.2 Å². The standard InChI is InChI=1S/C18H19N3O2S/c1-2-18-20-17(21-23-18)12-19-15-8-6-7-14(11-15)13-24(22)16-9-4-3-5-10-16/h3-11,19H,2,12-13H2,1H3/t24-/m0/s1. The van der Waals surface area contributed by atoms with E-state index in [2.05, 4.69) is 15.5 Å². The van der Waals surface area contributed by atoms with Gasteiger partial charge in [0.15, 0.2) is 5.82 Å². The molecule has 6 heteroatoms. The second-order valence-corrected chi connectivity index (χ2v) is 6.77. The normalized spacial score (nSPS) is 12.0. The first-order valence-corrected chi connectivity index (χ1v) is 9.14. The van der Waals surface area contributed by atoms with E-state index in [1.807, 2.05) is 61.5 Å². The number of nitrogens with one attached hydrogen (secondary N) is 1. The molecule has 0 amide bonds. The van der Waals surface area contributed by atoms with Gasteiger partial charge in [-0.2, -0.15) is 4.98 Å². The van der Waals surface area contributed by atoms with Crippen LogP contribution in [0.2, 0.25) is 0 Å². The van der Waals surface area contributed by atoms with Gasteiger partial charge >= 0.3 is 0 Å². The van der Waals surface area contributed by atoms with Gasteiger partial charge in [-0.05, 0) is 29.8 Å². The van der Waals surface area contributed by atoms with Crippen molar-refractivity contribution in [2.45, 2.75) is 30.5 Å². The lowest BCUT2D eigenvalue weighted by molar-refractivity contribution is 0.377. The van der Waals surface area contributed by atoms with E-state index in [0.29, 0.717) is 24.0 Å². The molecule has 0 aliphatic carbocycles. The number of aromatic nitrogens is 2. The molecular formula is C18H19N3O2S. The predicted molar refractivity (Wildman–Crippen MR) is 94.0 cm³/mol. The summed E-state index contributed by atoms with van der Waals surface area (Å²) in [6, 6.07) is 17.4. The molecule has 1 atom stereocenters. The lowest BCUT2D eigenvalue weighted by atomic mass is 10.2. The first kappa shape index (κ1) is 16.4. The smallest absolute Gasteiger partial charge is 0.226 e. The molecule has 0 saturated carbocycles. The summed E-state index contributed by atoms with van der Waals surface area (Å²) in [5.41, 5.74) is 1.96. The van der Waals surface area contributed by atoms with E-state index in [-0.39, 0.29) is 0 Å². The number of benzene rings is 2. The van der Waals surface area contributed by atoms with Crippen molar-refractivity contribution in [2.24, 2.45) is 0 Å². The molecule has 124 valence electrons. The van der Waals surface area contributed by atoms with E-state index in [0.717, 1.165) is 22.6 Å². The summed E-state index contributed by atoms with van der Waals surface area (Å²) in [7, 11) is -1.05. The zero-order valence-corrected chi connectivity index (χ0v) is 14.3. The van der Waals surface area contributed by atoms with Gasteiger partial charge in [0.25, 0.3) is 0 Å². The molecule has 0 unspecified atom stereocenters. The van der Waals surface area contributed by atoms with Crippen molar-refractivity contribution in [3.63, 3.8) is 0 Å². The SMILES string of the molecule is CCc1nc(CNc2cccc(C[S@](=O)c3ccccc3)c2)no1. The van der Waals surface area contributed by atoms with E-state index in [1.54, 1.807) is 0 Å².